The van der Waals surface area contributed by atoms with E-state index in [1.54, 1.807) is 0 Å². The molecule has 0 spiro atoms. The maximum absolute atomic E-state index is 10.0. The number of hydrogen-bond donors (Lipinski definition) is 1. The van der Waals surface area contributed by atoms with Crippen LogP contribution in [0.3, 0.4) is 0 Å². The van der Waals surface area contributed by atoms with Crippen LogP contribution in [0, 0.1) is 5.92 Å². The Bertz CT molecular complexity index is 355. The van der Waals surface area contributed by atoms with Crippen LogP contribution in [0.15, 0.2) is 24.3 Å². The first-order chi connectivity index (χ1) is 9.29. The number of rotatable bonds is 7. The molecule has 106 valence electrons. The molecule has 1 saturated carbocycles. The van der Waals surface area contributed by atoms with Gasteiger partial charge in [-0.2, -0.15) is 0 Å². The Balaban J connectivity index is 1.73. The summed E-state index contributed by atoms with van der Waals surface area (Å²) >= 11 is 0. The Kier molecular flexibility index (Phi) is 5.67. The Morgan fingerprint density at radius 3 is 2.53 bits per heavy atom. The summed E-state index contributed by atoms with van der Waals surface area (Å²) in [5, 5.41) is 10.0. The fourth-order valence-electron chi connectivity index (χ4n) is 2.57. The lowest BCUT2D eigenvalue weighted by atomic mass is 10.1. The molecule has 1 aliphatic rings. The highest BCUT2D eigenvalue weighted by molar-refractivity contribution is 5.28. The van der Waals surface area contributed by atoms with Crippen molar-refractivity contribution in [3.8, 4) is 5.75 Å². The monoisotopic (exact) mass is 264 g/mol. The zero-order valence-corrected chi connectivity index (χ0v) is 11.7. The molecule has 0 heterocycles. The van der Waals surface area contributed by atoms with E-state index in [9.17, 15) is 5.11 Å². The van der Waals surface area contributed by atoms with E-state index in [4.69, 9.17) is 9.47 Å². The molecular weight excluding hydrogens is 240 g/mol. The van der Waals surface area contributed by atoms with Crippen LogP contribution in [-0.2, 0) is 4.74 Å². The van der Waals surface area contributed by atoms with Crippen molar-refractivity contribution in [2.24, 2.45) is 5.92 Å². The summed E-state index contributed by atoms with van der Waals surface area (Å²) in [6.45, 7) is 3.78. The normalized spacial score (nSPS) is 17.6. The van der Waals surface area contributed by atoms with Crippen molar-refractivity contribution in [2.45, 2.75) is 38.7 Å². The fourth-order valence-corrected chi connectivity index (χ4v) is 2.57. The number of benzene rings is 1. The molecule has 1 aliphatic carbocycles. The lowest BCUT2D eigenvalue weighted by Gasteiger charge is -2.14. The van der Waals surface area contributed by atoms with Crippen LogP contribution >= 0.6 is 0 Å². The van der Waals surface area contributed by atoms with E-state index in [1.807, 2.05) is 31.2 Å². The van der Waals surface area contributed by atoms with Crippen LogP contribution in [0.1, 0.15) is 44.3 Å². The minimum Gasteiger partial charge on any atom is -0.494 e. The maximum atomic E-state index is 10.0. The van der Waals surface area contributed by atoms with E-state index in [0.29, 0.717) is 19.1 Å². The molecule has 1 N–H and O–H groups in total. The number of hydrogen-bond acceptors (Lipinski definition) is 3. The van der Waals surface area contributed by atoms with Gasteiger partial charge in [0.15, 0.2) is 0 Å². The standard InChI is InChI=1S/C16H24O3/c1-2-19-15-9-7-14(8-10-15)16(17)12-18-11-13-5-3-4-6-13/h7-10,13,16-17H,2-6,11-12H2,1H3. The molecule has 0 aliphatic heterocycles. The zero-order chi connectivity index (χ0) is 13.5. The Morgan fingerprint density at radius 2 is 1.89 bits per heavy atom. The second-order valence-electron chi connectivity index (χ2n) is 5.21. The Labute approximate surface area is 115 Å². The van der Waals surface area contributed by atoms with Gasteiger partial charge in [-0.3, -0.25) is 0 Å². The third kappa shape index (κ3) is 4.51. The average molecular weight is 264 g/mol. The van der Waals surface area contributed by atoms with Gasteiger partial charge in [-0.15, -0.1) is 0 Å². The molecule has 1 aromatic rings. The van der Waals surface area contributed by atoms with Gasteiger partial charge in [0.2, 0.25) is 0 Å². The SMILES string of the molecule is CCOc1ccc(C(O)COCC2CCCC2)cc1. The molecule has 0 saturated heterocycles. The number of aliphatic hydroxyl groups excluding tert-OH is 1. The third-order valence-electron chi connectivity index (χ3n) is 3.68. The number of ether oxygens (including phenoxy) is 2. The van der Waals surface area contributed by atoms with Crippen molar-refractivity contribution in [1.29, 1.82) is 0 Å². The van der Waals surface area contributed by atoms with Crippen LogP contribution in [0.5, 0.6) is 5.75 Å². The summed E-state index contributed by atoms with van der Waals surface area (Å²) in [6.07, 6.45) is 4.67. The van der Waals surface area contributed by atoms with Crippen LogP contribution in [0.4, 0.5) is 0 Å². The van der Waals surface area contributed by atoms with Crippen molar-refractivity contribution in [3.05, 3.63) is 29.8 Å². The molecule has 2 rings (SSSR count). The zero-order valence-electron chi connectivity index (χ0n) is 11.7. The molecule has 1 unspecified atom stereocenters. The van der Waals surface area contributed by atoms with Gasteiger partial charge in [0.25, 0.3) is 0 Å². The van der Waals surface area contributed by atoms with Crippen molar-refractivity contribution < 1.29 is 14.6 Å². The summed E-state index contributed by atoms with van der Waals surface area (Å²) in [7, 11) is 0. The first-order valence-corrected chi connectivity index (χ1v) is 7.28. The predicted octanol–water partition coefficient (Wildman–Crippen LogP) is 3.33. The smallest absolute Gasteiger partial charge is 0.119 e. The molecule has 1 aromatic carbocycles. The lowest BCUT2D eigenvalue weighted by molar-refractivity contribution is 0.0211. The summed E-state index contributed by atoms with van der Waals surface area (Å²) in [6, 6.07) is 7.57. The molecule has 1 atom stereocenters. The predicted molar refractivity (Wildman–Crippen MR) is 75.3 cm³/mol. The highest BCUT2D eigenvalue weighted by Gasteiger charge is 2.16. The van der Waals surface area contributed by atoms with Gasteiger partial charge in [-0.1, -0.05) is 25.0 Å². The minimum absolute atomic E-state index is 0.379. The van der Waals surface area contributed by atoms with E-state index in [0.717, 1.165) is 17.9 Å². The summed E-state index contributed by atoms with van der Waals surface area (Å²) in [4.78, 5) is 0. The van der Waals surface area contributed by atoms with Gasteiger partial charge < -0.3 is 14.6 Å². The van der Waals surface area contributed by atoms with Crippen LogP contribution in [0.2, 0.25) is 0 Å². The van der Waals surface area contributed by atoms with Gasteiger partial charge in [0.05, 0.1) is 13.2 Å². The van der Waals surface area contributed by atoms with Gasteiger partial charge in [0.1, 0.15) is 11.9 Å². The van der Waals surface area contributed by atoms with Crippen molar-refractivity contribution in [2.75, 3.05) is 19.8 Å². The van der Waals surface area contributed by atoms with E-state index in [1.165, 1.54) is 25.7 Å². The van der Waals surface area contributed by atoms with Crippen molar-refractivity contribution >= 4 is 0 Å². The second kappa shape index (κ2) is 7.51. The highest BCUT2D eigenvalue weighted by Crippen LogP contribution is 2.25. The summed E-state index contributed by atoms with van der Waals surface area (Å²) in [5.41, 5.74) is 0.884. The highest BCUT2D eigenvalue weighted by atomic mass is 16.5. The third-order valence-corrected chi connectivity index (χ3v) is 3.68. The molecule has 0 aromatic heterocycles. The van der Waals surface area contributed by atoms with Crippen LogP contribution < -0.4 is 4.74 Å². The summed E-state index contributed by atoms with van der Waals surface area (Å²) in [5.74, 6) is 1.54. The van der Waals surface area contributed by atoms with Crippen molar-refractivity contribution in [1.82, 2.24) is 0 Å². The number of aliphatic hydroxyl groups is 1. The molecule has 1 fully saturated rings. The maximum Gasteiger partial charge on any atom is 0.119 e. The molecule has 0 amide bonds. The molecule has 3 heteroatoms. The fraction of sp³-hybridized carbons (Fsp3) is 0.625. The average Bonchev–Trinajstić information content (AvgIpc) is 2.93. The molecular formula is C16H24O3. The van der Waals surface area contributed by atoms with E-state index in [2.05, 4.69) is 0 Å². The Morgan fingerprint density at radius 1 is 1.21 bits per heavy atom. The van der Waals surface area contributed by atoms with Gasteiger partial charge in [-0.25, -0.2) is 0 Å². The van der Waals surface area contributed by atoms with Gasteiger partial charge in [-0.05, 0) is 43.4 Å². The Hall–Kier alpha value is -1.06. The summed E-state index contributed by atoms with van der Waals surface area (Å²) < 4.78 is 11.0. The van der Waals surface area contributed by atoms with E-state index in [-0.39, 0.29) is 0 Å². The first-order valence-electron chi connectivity index (χ1n) is 7.28. The molecule has 3 nitrogen and oxygen atoms in total. The molecule has 19 heavy (non-hydrogen) atoms. The van der Waals surface area contributed by atoms with Gasteiger partial charge >= 0.3 is 0 Å². The van der Waals surface area contributed by atoms with E-state index >= 15 is 0 Å². The lowest BCUT2D eigenvalue weighted by Crippen LogP contribution is -2.12. The van der Waals surface area contributed by atoms with Crippen LogP contribution in [0.25, 0.3) is 0 Å². The largest absolute Gasteiger partial charge is 0.494 e. The minimum atomic E-state index is -0.544. The van der Waals surface area contributed by atoms with Crippen LogP contribution in [-0.4, -0.2) is 24.9 Å². The van der Waals surface area contributed by atoms with E-state index < -0.39 is 6.10 Å². The first kappa shape index (κ1) is 14.4. The topological polar surface area (TPSA) is 38.7 Å². The quantitative estimate of drug-likeness (QED) is 0.821. The molecule has 0 bridgehead atoms. The van der Waals surface area contributed by atoms with Crippen molar-refractivity contribution in [3.63, 3.8) is 0 Å². The second-order valence-corrected chi connectivity index (χ2v) is 5.21. The molecule has 0 radical (unpaired) electrons. The van der Waals surface area contributed by atoms with Gasteiger partial charge in [0, 0.05) is 6.61 Å².